The maximum atomic E-state index is 3.90. The zero-order valence-electron chi connectivity index (χ0n) is 13.1. The summed E-state index contributed by atoms with van der Waals surface area (Å²) in [6.07, 6.45) is 4.17. The normalized spacial score (nSPS) is 10.6. The highest BCUT2D eigenvalue weighted by molar-refractivity contribution is 5.57. The lowest BCUT2D eigenvalue weighted by molar-refractivity contribution is 0.942. The molecule has 0 radical (unpaired) electrons. The SMILES string of the molecule is C=Cc1c(C)cc(CCc2cc(C)ccc2C)cc1C. The van der Waals surface area contributed by atoms with E-state index in [0.29, 0.717) is 0 Å². The Hall–Kier alpha value is -1.82. The second-order valence-corrected chi connectivity index (χ2v) is 5.78. The molecule has 0 bridgehead atoms. The molecule has 0 aliphatic rings. The minimum Gasteiger partial charge on any atom is -0.0985 e. The largest absolute Gasteiger partial charge is 0.0985 e. The maximum absolute atomic E-state index is 3.90. The minimum absolute atomic E-state index is 1.10. The topological polar surface area (TPSA) is 0 Å². The summed E-state index contributed by atoms with van der Waals surface area (Å²) in [6, 6.07) is 11.3. The summed E-state index contributed by atoms with van der Waals surface area (Å²) in [4.78, 5) is 0. The van der Waals surface area contributed by atoms with Crippen molar-refractivity contribution in [2.45, 2.75) is 40.5 Å². The fourth-order valence-electron chi connectivity index (χ4n) is 2.88. The monoisotopic (exact) mass is 264 g/mol. The van der Waals surface area contributed by atoms with Crippen LogP contribution in [0.5, 0.6) is 0 Å². The Balaban J connectivity index is 2.19. The van der Waals surface area contributed by atoms with E-state index >= 15 is 0 Å². The van der Waals surface area contributed by atoms with Gasteiger partial charge in [-0.15, -0.1) is 0 Å². The number of benzene rings is 2. The van der Waals surface area contributed by atoms with Crippen molar-refractivity contribution in [1.82, 2.24) is 0 Å². The van der Waals surface area contributed by atoms with Gasteiger partial charge in [0.15, 0.2) is 0 Å². The molecule has 0 heteroatoms. The first-order valence-electron chi connectivity index (χ1n) is 7.30. The highest BCUT2D eigenvalue weighted by atomic mass is 14.1. The van der Waals surface area contributed by atoms with Crippen molar-refractivity contribution in [3.63, 3.8) is 0 Å². The van der Waals surface area contributed by atoms with E-state index in [2.05, 4.69) is 64.6 Å². The standard InChI is InChI=1S/C20H24/c1-6-20-16(4)12-18(13-17(20)5)9-10-19-11-14(2)7-8-15(19)3/h6-8,11-13H,1,9-10H2,2-5H3. The Bertz CT molecular complexity index is 609. The van der Waals surface area contributed by atoms with Crippen LogP contribution in [0.2, 0.25) is 0 Å². The molecule has 0 fully saturated rings. The molecule has 2 aromatic carbocycles. The molecule has 104 valence electrons. The van der Waals surface area contributed by atoms with E-state index in [1.807, 2.05) is 6.08 Å². The Morgan fingerprint density at radius 3 is 2.10 bits per heavy atom. The van der Waals surface area contributed by atoms with E-state index in [1.165, 1.54) is 38.9 Å². The molecule has 0 aromatic heterocycles. The fraction of sp³-hybridized carbons (Fsp3) is 0.300. The third kappa shape index (κ3) is 3.19. The van der Waals surface area contributed by atoms with Crippen LogP contribution in [0.25, 0.3) is 6.08 Å². The molecule has 0 N–H and O–H groups in total. The fourth-order valence-corrected chi connectivity index (χ4v) is 2.88. The van der Waals surface area contributed by atoms with E-state index < -0.39 is 0 Å². The Labute approximate surface area is 123 Å². The van der Waals surface area contributed by atoms with Crippen LogP contribution in [0.4, 0.5) is 0 Å². The number of hydrogen-bond acceptors (Lipinski definition) is 0. The minimum atomic E-state index is 1.10. The molecular formula is C20H24. The molecule has 0 heterocycles. The van der Waals surface area contributed by atoms with Crippen molar-refractivity contribution in [2.24, 2.45) is 0 Å². The van der Waals surface area contributed by atoms with Crippen molar-refractivity contribution >= 4 is 6.08 Å². The van der Waals surface area contributed by atoms with E-state index in [4.69, 9.17) is 0 Å². The number of hydrogen-bond donors (Lipinski definition) is 0. The van der Waals surface area contributed by atoms with Crippen LogP contribution in [0.1, 0.15) is 38.9 Å². The molecule has 0 unspecified atom stereocenters. The van der Waals surface area contributed by atoms with Gasteiger partial charge in [0.2, 0.25) is 0 Å². The second kappa shape index (κ2) is 6.09. The summed E-state index contributed by atoms with van der Waals surface area (Å²) in [6.45, 7) is 12.6. The predicted octanol–water partition coefficient (Wildman–Crippen LogP) is 5.35. The average Bonchev–Trinajstić information content (AvgIpc) is 2.39. The molecule has 2 aromatic rings. The van der Waals surface area contributed by atoms with E-state index in [9.17, 15) is 0 Å². The molecule has 20 heavy (non-hydrogen) atoms. The highest BCUT2D eigenvalue weighted by Gasteiger charge is 2.04. The molecule has 0 amide bonds. The molecule has 0 saturated carbocycles. The van der Waals surface area contributed by atoms with Crippen molar-refractivity contribution < 1.29 is 0 Å². The van der Waals surface area contributed by atoms with Gasteiger partial charge in [0.05, 0.1) is 0 Å². The third-order valence-corrected chi connectivity index (χ3v) is 4.05. The average molecular weight is 264 g/mol. The van der Waals surface area contributed by atoms with Gasteiger partial charge in [-0.25, -0.2) is 0 Å². The van der Waals surface area contributed by atoms with Gasteiger partial charge in [-0.2, -0.15) is 0 Å². The van der Waals surface area contributed by atoms with Crippen LogP contribution < -0.4 is 0 Å². The molecular weight excluding hydrogens is 240 g/mol. The summed E-state index contributed by atoms with van der Waals surface area (Å²) < 4.78 is 0. The smallest absolute Gasteiger partial charge is 0.0204 e. The van der Waals surface area contributed by atoms with Crippen molar-refractivity contribution in [1.29, 1.82) is 0 Å². The lowest BCUT2D eigenvalue weighted by atomic mass is 9.94. The quantitative estimate of drug-likeness (QED) is 0.698. The first kappa shape index (κ1) is 14.6. The summed E-state index contributed by atoms with van der Waals surface area (Å²) in [7, 11) is 0. The highest BCUT2D eigenvalue weighted by Crippen LogP contribution is 2.20. The van der Waals surface area contributed by atoms with Gasteiger partial charge in [-0.3, -0.25) is 0 Å². The second-order valence-electron chi connectivity index (χ2n) is 5.78. The maximum Gasteiger partial charge on any atom is -0.0204 e. The van der Waals surface area contributed by atoms with Crippen LogP contribution in [0.15, 0.2) is 36.9 Å². The zero-order valence-corrected chi connectivity index (χ0v) is 13.1. The molecule has 0 aliphatic carbocycles. The van der Waals surface area contributed by atoms with Crippen molar-refractivity contribution in [2.75, 3.05) is 0 Å². The summed E-state index contributed by atoms with van der Waals surface area (Å²) in [5.74, 6) is 0. The molecule has 0 atom stereocenters. The van der Waals surface area contributed by atoms with Crippen LogP contribution in [0.3, 0.4) is 0 Å². The van der Waals surface area contributed by atoms with E-state index in [0.717, 1.165) is 12.8 Å². The summed E-state index contributed by atoms with van der Waals surface area (Å²) in [5, 5.41) is 0. The van der Waals surface area contributed by atoms with Gasteiger partial charge in [-0.05, 0) is 73.9 Å². The molecule has 0 spiro atoms. The predicted molar refractivity (Wildman–Crippen MR) is 89.3 cm³/mol. The first-order chi connectivity index (χ1) is 9.51. The van der Waals surface area contributed by atoms with Crippen LogP contribution >= 0.6 is 0 Å². The molecule has 0 aliphatic heterocycles. The van der Waals surface area contributed by atoms with Gasteiger partial charge < -0.3 is 0 Å². The van der Waals surface area contributed by atoms with E-state index in [-0.39, 0.29) is 0 Å². The van der Waals surface area contributed by atoms with Crippen molar-refractivity contribution in [3.8, 4) is 0 Å². The molecule has 0 saturated heterocycles. The van der Waals surface area contributed by atoms with Crippen LogP contribution in [-0.2, 0) is 12.8 Å². The number of rotatable bonds is 4. The molecule has 0 nitrogen and oxygen atoms in total. The third-order valence-electron chi connectivity index (χ3n) is 4.05. The van der Waals surface area contributed by atoms with Gasteiger partial charge in [0, 0.05) is 0 Å². The Morgan fingerprint density at radius 2 is 1.50 bits per heavy atom. The van der Waals surface area contributed by atoms with Crippen LogP contribution in [0, 0.1) is 27.7 Å². The van der Waals surface area contributed by atoms with Gasteiger partial charge in [0.1, 0.15) is 0 Å². The molecule has 2 rings (SSSR count). The van der Waals surface area contributed by atoms with Crippen molar-refractivity contribution in [3.05, 3.63) is 75.9 Å². The van der Waals surface area contributed by atoms with Gasteiger partial charge >= 0.3 is 0 Å². The van der Waals surface area contributed by atoms with E-state index in [1.54, 1.807) is 0 Å². The summed E-state index contributed by atoms with van der Waals surface area (Å²) in [5.41, 5.74) is 9.57. The lowest BCUT2D eigenvalue weighted by Crippen LogP contribution is -1.97. The number of aryl methyl sites for hydroxylation is 6. The summed E-state index contributed by atoms with van der Waals surface area (Å²) >= 11 is 0. The van der Waals surface area contributed by atoms with Gasteiger partial charge in [0.25, 0.3) is 0 Å². The Morgan fingerprint density at radius 1 is 0.850 bits per heavy atom. The van der Waals surface area contributed by atoms with Crippen LogP contribution in [-0.4, -0.2) is 0 Å². The van der Waals surface area contributed by atoms with Gasteiger partial charge in [-0.1, -0.05) is 48.6 Å². The first-order valence-corrected chi connectivity index (χ1v) is 7.30. The Kier molecular flexibility index (Phi) is 4.44. The zero-order chi connectivity index (χ0) is 14.7. The lowest BCUT2D eigenvalue weighted by Gasteiger charge is -2.11.